The van der Waals surface area contributed by atoms with E-state index < -0.39 is 0 Å². The molecule has 25 heavy (non-hydrogen) atoms. The number of rotatable bonds is 7. The Morgan fingerprint density at radius 2 is 1.84 bits per heavy atom. The van der Waals surface area contributed by atoms with Crippen molar-refractivity contribution in [2.75, 3.05) is 14.2 Å². The van der Waals surface area contributed by atoms with E-state index >= 15 is 0 Å². The van der Waals surface area contributed by atoms with Gasteiger partial charge in [-0.2, -0.15) is 0 Å². The van der Waals surface area contributed by atoms with Crippen molar-refractivity contribution in [3.05, 3.63) is 71.5 Å². The number of methoxy groups -OCH3 is 2. The third-order valence-electron chi connectivity index (χ3n) is 4.10. The maximum Gasteiger partial charge on any atom is 0.248 e. The molecule has 1 N–H and O–H groups in total. The second-order valence-corrected chi connectivity index (χ2v) is 5.76. The first kappa shape index (κ1) is 16.9. The molecule has 0 saturated carbocycles. The fourth-order valence-electron chi connectivity index (χ4n) is 2.81. The van der Waals surface area contributed by atoms with Gasteiger partial charge in [0.2, 0.25) is 5.91 Å². The number of nitrogens with one attached hydrogen (secondary N) is 1. The second-order valence-electron chi connectivity index (χ2n) is 5.76. The molecule has 0 unspecified atom stereocenters. The zero-order valence-electron chi connectivity index (χ0n) is 14.3. The summed E-state index contributed by atoms with van der Waals surface area (Å²) in [7, 11) is 3.23. The molecule has 1 atom stereocenters. The van der Waals surface area contributed by atoms with Gasteiger partial charge in [0.25, 0.3) is 0 Å². The fraction of sp³-hybridized carbons (Fsp3) is 0.250. The molecule has 0 aliphatic carbocycles. The summed E-state index contributed by atoms with van der Waals surface area (Å²) in [6.07, 6.45) is 2.20. The average molecular weight is 339 g/mol. The first-order valence-corrected chi connectivity index (χ1v) is 8.09. The quantitative estimate of drug-likeness (QED) is 0.843. The van der Waals surface area contributed by atoms with Crippen molar-refractivity contribution in [1.29, 1.82) is 0 Å². The van der Waals surface area contributed by atoms with Gasteiger partial charge in [-0.1, -0.05) is 30.3 Å². The average Bonchev–Trinajstić information content (AvgIpc) is 2.99. The van der Waals surface area contributed by atoms with Crippen LogP contribution in [0.25, 0.3) is 0 Å². The summed E-state index contributed by atoms with van der Waals surface area (Å²) in [5.74, 6) is 1.96. The number of carbonyl (C=O) groups is 1. The van der Waals surface area contributed by atoms with Crippen molar-refractivity contribution >= 4 is 5.91 Å². The largest absolute Gasteiger partial charge is 0.497 e. The van der Waals surface area contributed by atoms with Crippen molar-refractivity contribution in [1.82, 2.24) is 5.32 Å². The van der Waals surface area contributed by atoms with Gasteiger partial charge in [0, 0.05) is 11.6 Å². The van der Waals surface area contributed by atoms with E-state index in [4.69, 9.17) is 14.2 Å². The molecule has 0 spiro atoms. The SMILES string of the molecule is COc1ccc(OC)c(COC2=CC(=O)N[C@H]2Cc2ccccc2)c1. The minimum Gasteiger partial charge on any atom is -0.497 e. The van der Waals surface area contributed by atoms with Gasteiger partial charge in [-0.15, -0.1) is 0 Å². The fourth-order valence-corrected chi connectivity index (χ4v) is 2.81. The van der Waals surface area contributed by atoms with Crippen LogP contribution in [0.5, 0.6) is 11.5 Å². The van der Waals surface area contributed by atoms with Crippen LogP contribution in [0.1, 0.15) is 11.1 Å². The Labute approximate surface area is 147 Å². The van der Waals surface area contributed by atoms with E-state index in [-0.39, 0.29) is 11.9 Å². The Bertz CT molecular complexity index is 771. The van der Waals surface area contributed by atoms with E-state index in [0.29, 0.717) is 18.8 Å². The number of carbonyl (C=O) groups excluding carboxylic acids is 1. The Morgan fingerprint density at radius 3 is 2.56 bits per heavy atom. The number of amides is 1. The third kappa shape index (κ3) is 4.12. The van der Waals surface area contributed by atoms with Crippen LogP contribution in [0.2, 0.25) is 0 Å². The summed E-state index contributed by atoms with van der Waals surface area (Å²) < 4.78 is 16.5. The molecule has 0 saturated heterocycles. The van der Waals surface area contributed by atoms with Crippen molar-refractivity contribution in [2.45, 2.75) is 19.1 Å². The molecule has 5 nitrogen and oxygen atoms in total. The van der Waals surface area contributed by atoms with Crippen LogP contribution in [0.15, 0.2) is 60.4 Å². The van der Waals surface area contributed by atoms with Crippen molar-refractivity contribution in [2.24, 2.45) is 0 Å². The highest BCUT2D eigenvalue weighted by Crippen LogP contribution is 2.26. The molecule has 1 aliphatic heterocycles. The number of benzene rings is 2. The summed E-state index contributed by atoms with van der Waals surface area (Å²) >= 11 is 0. The molecule has 1 aliphatic rings. The third-order valence-corrected chi connectivity index (χ3v) is 4.10. The highest BCUT2D eigenvalue weighted by molar-refractivity contribution is 5.91. The summed E-state index contributed by atoms with van der Waals surface area (Å²) in [5.41, 5.74) is 2.00. The lowest BCUT2D eigenvalue weighted by molar-refractivity contribution is -0.116. The molecule has 1 heterocycles. The molecular formula is C20H21NO4. The molecule has 0 radical (unpaired) electrons. The van der Waals surface area contributed by atoms with Gasteiger partial charge < -0.3 is 19.5 Å². The first-order valence-electron chi connectivity index (χ1n) is 8.09. The van der Waals surface area contributed by atoms with E-state index in [1.165, 1.54) is 6.08 Å². The Balaban J connectivity index is 1.71. The first-order chi connectivity index (χ1) is 12.2. The summed E-state index contributed by atoms with van der Waals surface area (Å²) in [6.45, 7) is 0.298. The van der Waals surface area contributed by atoms with Crippen LogP contribution < -0.4 is 14.8 Å². The summed E-state index contributed by atoms with van der Waals surface area (Å²) in [5, 5.41) is 2.93. The molecule has 3 rings (SSSR count). The molecule has 2 aromatic rings. The second kappa shape index (κ2) is 7.75. The van der Waals surface area contributed by atoms with E-state index in [0.717, 1.165) is 22.6 Å². The number of hydrogen-bond acceptors (Lipinski definition) is 4. The standard InChI is InChI=1S/C20H21NO4/c1-23-16-8-9-18(24-2)15(11-16)13-25-19-12-20(22)21-17(19)10-14-6-4-3-5-7-14/h3-9,11-12,17H,10,13H2,1-2H3,(H,21,22)/t17-/m0/s1. The van der Waals surface area contributed by atoms with Gasteiger partial charge >= 0.3 is 0 Å². The number of ether oxygens (including phenoxy) is 3. The number of hydrogen-bond donors (Lipinski definition) is 1. The Kier molecular flexibility index (Phi) is 5.23. The predicted molar refractivity (Wildman–Crippen MR) is 94.5 cm³/mol. The molecule has 1 amide bonds. The minimum absolute atomic E-state index is 0.131. The maximum absolute atomic E-state index is 11.8. The molecule has 0 aromatic heterocycles. The predicted octanol–water partition coefficient (Wildman–Crippen LogP) is 2.85. The van der Waals surface area contributed by atoms with Gasteiger partial charge in [-0.05, 0) is 30.2 Å². The lowest BCUT2D eigenvalue weighted by Gasteiger charge is -2.17. The van der Waals surface area contributed by atoms with Gasteiger partial charge in [-0.25, -0.2) is 0 Å². The van der Waals surface area contributed by atoms with Gasteiger partial charge in [0.15, 0.2) is 0 Å². The zero-order chi connectivity index (χ0) is 17.6. The minimum atomic E-state index is -0.161. The van der Waals surface area contributed by atoms with Gasteiger partial charge in [0.05, 0.1) is 20.3 Å². The molecule has 130 valence electrons. The molecule has 0 fully saturated rings. The topological polar surface area (TPSA) is 56.8 Å². The van der Waals surface area contributed by atoms with Gasteiger partial charge in [0.1, 0.15) is 23.9 Å². The van der Waals surface area contributed by atoms with Crippen LogP contribution in [0, 0.1) is 0 Å². The van der Waals surface area contributed by atoms with Crippen LogP contribution in [0.4, 0.5) is 0 Å². The molecule has 5 heteroatoms. The normalized spacial score (nSPS) is 16.2. The van der Waals surface area contributed by atoms with E-state index in [1.54, 1.807) is 14.2 Å². The Morgan fingerprint density at radius 1 is 1.04 bits per heavy atom. The van der Waals surface area contributed by atoms with Crippen LogP contribution in [0.3, 0.4) is 0 Å². The zero-order valence-corrected chi connectivity index (χ0v) is 14.3. The van der Waals surface area contributed by atoms with Crippen LogP contribution in [-0.4, -0.2) is 26.2 Å². The lowest BCUT2D eigenvalue weighted by Crippen LogP contribution is -2.31. The van der Waals surface area contributed by atoms with E-state index in [9.17, 15) is 4.79 Å². The Hall–Kier alpha value is -2.95. The smallest absolute Gasteiger partial charge is 0.248 e. The van der Waals surface area contributed by atoms with Crippen LogP contribution >= 0.6 is 0 Å². The van der Waals surface area contributed by atoms with Crippen molar-refractivity contribution in [3.63, 3.8) is 0 Å². The van der Waals surface area contributed by atoms with E-state index in [1.807, 2.05) is 48.5 Å². The summed E-state index contributed by atoms with van der Waals surface area (Å²) in [6, 6.07) is 15.4. The van der Waals surface area contributed by atoms with Crippen molar-refractivity contribution < 1.29 is 19.0 Å². The lowest BCUT2D eigenvalue weighted by atomic mass is 10.1. The monoisotopic (exact) mass is 339 g/mol. The highest BCUT2D eigenvalue weighted by Gasteiger charge is 2.25. The van der Waals surface area contributed by atoms with Crippen molar-refractivity contribution in [3.8, 4) is 11.5 Å². The maximum atomic E-state index is 11.8. The molecule has 0 bridgehead atoms. The van der Waals surface area contributed by atoms with Gasteiger partial charge in [-0.3, -0.25) is 4.79 Å². The molecule has 2 aromatic carbocycles. The van der Waals surface area contributed by atoms with E-state index in [2.05, 4.69) is 5.32 Å². The highest BCUT2D eigenvalue weighted by atomic mass is 16.5. The molecular weight excluding hydrogens is 318 g/mol. The summed E-state index contributed by atoms with van der Waals surface area (Å²) in [4.78, 5) is 11.8. The van der Waals surface area contributed by atoms with Crippen LogP contribution in [-0.2, 0) is 22.6 Å².